The van der Waals surface area contributed by atoms with Crippen LogP contribution in [0.5, 0.6) is 0 Å². The Hall–Kier alpha value is -0.550. The van der Waals surface area contributed by atoms with E-state index in [0.29, 0.717) is 6.42 Å². The molecule has 0 saturated heterocycles. The molecule has 0 radical (unpaired) electrons. The second-order valence-electron chi connectivity index (χ2n) is 4.18. The van der Waals surface area contributed by atoms with Crippen LogP contribution in [0.15, 0.2) is 0 Å². The molecule has 0 spiro atoms. The summed E-state index contributed by atoms with van der Waals surface area (Å²) in [6.07, 6.45) is 5.67. The third-order valence-corrected chi connectivity index (χ3v) is 2.25. The molecule has 13 heavy (non-hydrogen) atoms. The Kier molecular flexibility index (Phi) is 6.62. The summed E-state index contributed by atoms with van der Waals surface area (Å²) in [5.41, 5.74) is 0.200. The molecule has 0 amide bonds. The Balaban J connectivity index is 3.49. The fourth-order valence-electron chi connectivity index (χ4n) is 1.36. The number of hydrogen-bond donors (Lipinski definition) is 1. The average molecular weight is 182 g/mol. The van der Waals surface area contributed by atoms with Crippen LogP contribution >= 0.6 is 0 Å². The van der Waals surface area contributed by atoms with Crippen molar-refractivity contribution in [2.75, 3.05) is 6.54 Å². The van der Waals surface area contributed by atoms with Crippen LogP contribution in [0.25, 0.3) is 0 Å². The van der Waals surface area contributed by atoms with Crippen molar-refractivity contribution >= 4 is 0 Å². The second kappa shape index (κ2) is 6.91. The summed E-state index contributed by atoms with van der Waals surface area (Å²) in [7, 11) is 0. The SMILES string of the molecule is CCCCCC(C)(C)NCCC#N. The predicted octanol–water partition coefficient (Wildman–Crippen LogP) is 2.85. The lowest BCUT2D eigenvalue weighted by Crippen LogP contribution is -2.39. The average Bonchev–Trinajstić information content (AvgIpc) is 2.05. The molecule has 0 heterocycles. The summed E-state index contributed by atoms with van der Waals surface area (Å²) >= 11 is 0. The van der Waals surface area contributed by atoms with Gasteiger partial charge < -0.3 is 5.32 Å². The van der Waals surface area contributed by atoms with Gasteiger partial charge in [-0.3, -0.25) is 0 Å². The lowest BCUT2D eigenvalue weighted by molar-refractivity contribution is 0.353. The maximum Gasteiger partial charge on any atom is 0.0635 e. The van der Waals surface area contributed by atoms with Crippen LogP contribution in [0.3, 0.4) is 0 Å². The van der Waals surface area contributed by atoms with Gasteiger partial charge in [0, 0.05) is 18.5 Å². The van der Waals surface area contributed by atoms with Gasteiger partial charge in [-0.2, -0.15) is 5.26 Å². The zero-order valence-corrected chi connectivity index (χ0v) is 9.19. The summed E-state index contributed by atoms with van der Waals surface area (Å²) in [5, 5.41) is 11.8. The van der Waals surface area contributed by atoms with E-state index in [1.807, 2.05) is 0 Å². The third kappa shape index (κ3) is 7.80. The van der Waals surface area contributed by atoms with Gasteiger partial charge in [-0.05, 0) is 20.3 Å². The van der Waals surface area contributed by atoms with Crippen molar-refractivity contribution in [1.29, 1.82) is 5.26 Å². The molecule has 0 aromatic rings. The molecule has 0 bridgehead atoms. The van der Waals surface area contributed by atoms with Crippen molar-refractivity contribution < 1.29 is 0 Å². The minimum Gasteiger partial charge on any atom is -0.311 e. The molecule has 0 saturated carbocycles. The van der Waals surface area contributed by atoms with Gasteiger partial charge in [-0.25, -0.2) is 0 Å². The largest absolute Gasteiger partial charge is 0.311 e. The van der Waals surface area contributed by atoms with Crippen molar-refractivity contribution in [3.63, 3.8) is 0 Å². The van der Waals surface area contributed by atoms with E-state index in [2.05, 4.69) is 32.2 Å². The van der Waals surface area contributed by atoms with E-state index in [0.717, 1.165) is 6.54 Å². The Morgan fingerprint density at radius 3 is 2.54 bits per heavy atom. The van der Waals surface area contributed by atoms with Gasteiger partial charge in [0.05, 0.1) is 6.07 Å². The smallest absolute Gasteiger partial charge is 0.0635 e. The maximum absolute atomic E-state index is 8.39. The number of nitriles is 1. The predicted molar refractivity (Wildman–Crippen MR) is 56.5 cm³/mol. The molecular weight excluding hydrogens is 160 g/mol. The first-order valence-corrected chi connectivity index (χ1v) is 5.24. The molecule has 0 aromatic heterocycles. The van der Waals surface area contributed by atoms with Crippen LogP contribution in [-0.4, -0.2) is 12.1 Å². The highest BCUT2D eigenvalue weighted by atomic mass is 14.9. The van der Waals surface area contributed by atoms with Crippen molar-refractivity contribution in [1.82, 2.24) is 5.32 Å². The van der Waals surface area contributed by atoms with E-state index in [9.17, 15) is 0 Å². The van der Waals surface area contributed by atoms with Crippen LogP contribution < -0.4 is 5.32 Å². The van der Waals surface area contributed by atoms with Crippen molar-refractivity contribution in [2.24, 2.45) is 0 Å². The third-order valence-electron chi connectivity index (χ3n) is 2.25. The van der Waals surface area contributed by atoms with Gasteiger partial charge in [0.15, 0.2) is 0 Å². The standard InChI is InChI=1S/C11H22N2/c1-4-5-6-8-11(2,3)13-10-7-9-12/h13H,4-8,10H2,1-3H3. The quantitative estimate of drug-likeness (QED) is 0.614. The summed E-state index contributed by atoms with van der Waals surface area (Å²) in [6, 6.07) is 2.15. The number of hydrogen-bond acceptors (Lipinski definition) is 2. The highest BCUT2D eigenvalue weighted by molar-refractivity contribution is 4.80. The minimum atomic E-state index is 0.200. The Morgan fingerprint density at radius 2 is 2.00 bits per heavy atom. The van der Waals surface area contributed by atoms with Gasteiger partial charge in [0.1, 0.15) is 0 Å². The van der Waals surface area contributed by atoms with E-state index >= 15 is 0 Å². The maximum atomic E-state index is 8.39. The lowest BCUT2D eigenvalue weighted by Gasteiger charge is -2.25. The first kappa shape index (κ1) is 12.4. The molecule has 0 rings (SSSR count). The van der Waals surface area contributed by atoms with Crippen molar-refractivity contribution in [2.45, 2.75) is 58.4 Å². The van der Waals surface area contributed by atoms with E-state index in [1.54, 1.807) is 0 Å². The van der Waals surface area contributed by atoms with Gasteiger partial charge in [0.2, 0.25) is 0 Å². The monoisotopic (exact) mass is 182 g/mol. The van der Waals surface area contributed by atoms with E-state index in [1.165, 1.54) is 25.7 Å². The summed E-state index contributed by atoms with van der Waals surface area (Å²) in [6.45, 7) is 7.45. The molecule has 0 atom stereocenters. The first-order chi connectivity index (χ1) is 6.12. The molecule has 2 heteroatoms. The van der Waals surface area contributed by atoms with Crippen LogP contribution in [0.1, 0.15) is 52.9 Å². The number of nitrogens with one attached hydrogen (secondary N) is 1. The van der Waals surface area contributed by atoms with Crippen LogP contribution in [0, 0.1) is 11.3 Å². The molecule has 1 N–H and O–H groups in total. The zero-order chi connectivity index (χ0) is 10.2. The van der Waals surface area contributed by atoms with Crippen molar-refractivity contribution in [3.8, 4) is 6.07 Å². The number of rotatable bonds is 7. The summed E-state index contributed by atoms with van der Waals surface area (Å²) in [5.74, 6) is 0. The van der Waals surface area contributed by atoms with Crippen molar-refractivity contribution in [3.05, 3.63) is 0 Å². The molecule has 0 unspecified atom stereocenters. The topological polar surface area (TPSA) is 35.8 Å². The molecule has 76 valence electrons. The number of unbranched alkanes of at least 4 members (excludes halogenated alkanes) is 2. The fourth-order valence-corrected chi connectivity index (χ4v) is 1.36. The molecular formula is C11H22N2. The molecule has 0 aromatic carbocycles. The van der Waals surface area contributed by atoms with Gasteiger partial charge in [0.25, 0.3) is 0 Å². The van der Waals surface area contributed by atoms with Gasteiger partial charge >= 0.3 is 0 Å². The number of nitrogens with zero attached hydrogens (tertiary/aromatic N) is 1. The second-order valence-corrected chi connectivity index (χ2v) is 4.18. The van der Waals surface area contributed by atoms with Crippen LogP contribution in [0.2, 0.25) is 0 Å². The Labute approximate surface area is 82.3 Å². The van der Waals surface area contributed by atoms with Gasteiger partial charge in [-0.1, -0.05) is 26.2 Å². The van der Waals surface area contributed by atoms with Crippen LogP contribution in [0.4, 0.5) is 0 Å². The minimum absolute atomic E-state index is 0.200. The van der Waals surface area contributed by atoms with E-state index in [-0.39, 0.29) is 5.54 Å². The molecule has 0 aliphatic carbocycles. The highest BCUT2D eigenvalue weighted by Gasteiger charge is 2.14. The molecule has 2 nitrogen and oxygen atoms in total. The zero-order valence-electron chi connectivity index (χ0n) is 9.19. The highest BCUT2D eigenvalue weighted by Crippen LogP contribution is 2.13. The van der Waals surface area contributed by atoms with Gasteiger partial charge in [-0.15, -0.1) is 0 Å². The van der Waals surface area contributed by atoms with Crippen LogP contribution in [-0.2, 0) is 0 Å². The molecule has 0 aliphatic heterocycles. The Bertz CT molecular complexity index is 156. The Morgan fingerprint density at radius 1 is 1.31 bits per heavy atom. The summed E-state index contributed by atoms with van der Waals surface area (Å²) < 4.78 is 0. The lowest BCUT2D eigenvalue weighted by atomic mass is 9.96. The summed E-state index contributed by atoms with van der Waals surface area (Å²) in [4.78, 5) is 0. The normalized spacial score (nSPS) is 11.2. The van der Waals surface area contributed by atoms with E-state index < -0.39 is 0 Å². The fraction of sp³-hybridized carbons (Fsp3) is 0.909. The molecule has 0 aliphatic rings. The van der Waals surface area contributed by atoms with E-state index in [4.69, 9.17) is 5.26 Å². The molecule has 0 fully saturated rings. The first-order valence-electron chi connectivity index (χ1n) is 5.24.